The lowest BCUT2D eigenvalue weighted by molar-refractivity contribution is 0.134. The summed E-state index contributed by atoms with van der Waals surface area (Å²) in [5.41, 5.74) is 6.69. The Labute approximate surface area is 84.2 Å². The summed E-state index contributed by atoms with van der Waals surface area (Å²) in [5, 5.41) is 18.7. The smallest absolute Gasteiger partial charge is 0.115 e. The molecule has 1 aromatic rings. The third-order valence-corrected chi connectivity index (χ3v) is 2.28. The van der Waals surface area contributed by atoms with Crippen LogP contribution in [0.2, 0.25) is 0 Å². The summed E-state index contributed by atoms with van der Waals surface area (Å²) in [7, 11) is 0. The topological polar surface area (TPSA) is 66.5 Å². The van der Waals surface area contributed by atoms with Crippen molar-refractivity contribution in [2.75, 3.05) is 0 Å². The number of hydrogen-bond acceptors (Lipinski definition) is 3. The maximum Gasteiger partial charge on any atom is 0.115 e. The van der Waals surface area contributed by atoms with Crippen LogP contribution in [-0.2, 0) is 0 Å². The molecule has 14 heavy (non-hydrogen) atoms. The van der Waals surface area contributed by atoms with Crippen LogP contribution < -0.4 is 5.73 Å². The molecule has 3 heteroatoms. The molecular weight excluding hydrogens is 178 g/mol. The zero-order valence-electron chi connectivity index (χ0n) is 8.35. The molecule has 2 atom stereocenters. The molecule has 0 amide bonds. The van der Waals surface area contributed by atoms with E-state index in [1.165, 1.54) is 0 Å². The van der Waals surface area contributed by atoms with E-state index in [-0.39, 0.29) is 11.8 Å². The molecule has 0 aromatic heterocycles. The molecule has 0 heterocycles. The van der Waals surface area contributed by atoms with Crippen LogP contribution in [0.4, 0.5) is 0 Å². The van der Waals surface area contributed by atoms with E-state index in [2.05, 4.69) is 0 Å². The summed E-state index contributed by atoms with van der Waals surface area (Å²) in [5.74, 6) is 0.214. The van der Waals surface area contributed by atoms with E-state index in [1.54, 1.807) is 24.3 Å². The number of aliphatic hydroxyl groups is 1. The van der Waals surface area contributed by atoms with Gasteiger partial charge >= 0.3 is 0 Å². The third-order valence-electron chi connectivity index (χ3n) is 2.28. The van der Waals surface area contributed by atoms with Crippen LogP contribution >= 0.6 is 0 Å². The molecule has 0 bridgehead atoms. The second-order valence-corrected chi connectivity index (χ2v) is 3.47. The van der Waals surface area contributed by atoms with Crippen molar-refractivity contribution < 1.29 is 10.2 Å². The van der Waals surface area contributed by atoms with Crippen molar-refractivity contribution in [2.24, 2.45) is 5.73 Å². The van der Waals surface area contributed by atoms with Gasteiger partial charge < -0.3 is 15.9 Å². The van der Waals surface area contributed by atoms with Gasteiger partial charge in [0.05, 0.1) is 12.1 Å². The summed E-state index contributed by atoms with van der Waals surface area (Å²) in [6.45, 7) is 2.01. The number of rotatable bonds is 4. The van der Waals surface area contributed by atoms with Crippen LogP contribution in [-0.4, -0.2) is 16.3 Å². The van der Waals surface area contributed by atoms with Crippen molar-refractivity contribution in [3.8, 4) is 5.75 Å². The van der Waals surface area contributed by atoms with Gasteiger partial charge in [0.15, 0.2) is 0 Å². The minimum atomic E-state index is -0.510. The van der Waals surface area contributed by atoms with E-state index in [0.717, 1.165) is 12.0 Å². The molecule has 78 valence electrons. The fraction of sp³-hybridized carbons (Fsp3) is 0.455. The number of aliphatic hydroxyl groups excluding tert-OH is 1. The molecule has 0 radical (unpaired) electrons. The van der Waals surface area contributed by atoms with E-state index >= 15 is 0 Å². The first-order valence-electron chi connectivity index (χ1n) is 4.87. The van der Waals surface area contributed by atoms with Crippen molar-refractivity contribution in [3.63, 3.8) is 0 Å². The fourth-order valence-corrected chi connectivity index (χ4v) is 1.39. The molecule has 1 aromatic carbocycles. The van der Waals surface area contributed by atoms with E-state index in [9.17, 15) is 5.11 Å². The lowest BCUT2D eigenvalue weighted by Gasteiger charge is -2.18. The van der Waals surface area contributed by atoms with Crippen LogP contribution in [0.3, 0.4) is 0 Å². The Bertz CT molecular complexity index is 271. The normalized spacial score (nSPS) is 15.1. The number of aromatic hydroxyl groups is 1. The van der Waals surface area contributed by atoms with E-state index < -0.39 is 6.10 Å². The first-order valence-corrected chi connectivity index (χ1v) is 4.87. The van der Waals surface area contributed by atoms with Crippen LogP contribution in [0, 0.1) is 0 Å². The van der Waals surface area contributed by atoms with Crippen molar-refractivity contribution in [3.05, 3.63) is 29.8 Å². The first-order chi connectivity index (χ1) is 6.65. The van der Waals surface area contributed by atoms with Gasteiger partial charge in [-0.15, -0.1) is 0 Å². The maximum atomic E-state index is 9.65. The number of hydrogen-bond donors (Lipinski definition) is 3. The third kappa shape index (κ3) is 2.72. The summed E-state index contributed by atoms with van der Waals surface area (Å²) in [6, 6.07) is 6.26. The van der Waals surface area contributed by atoms with Gasteiger partial charge in [0.1, 0.15) is 5.75 Å². The second-order valence-electron chi connectivity index (χ2n) is 3.47. The van der Waals surface area contributed by atoms with Gasteiger partial charge in [0, 0.05) is 0 Å². The highest BCUT2D eigenvalue weighted by atomic mass is 16.3. The Balaban J connectivity index is 2.68. The molecule has 0 fully saturated rings. The SMILES string of the molecule is CCC[C@@H](O)[C@@H](N)c1ccc(O)cc1. The van der Waals surface area contributed by atoms with Crippen LogP contribution in [0.5, 0.6) is 5.75 Å². The van der Waals surface area contributed by atoms with Gasteiger partial charge in [0.25, 0.3) is 0 Å². The van der Waals surface area contributed by atoms with Crippen molar-refractivity contribution in [2.45, 2.75) is 31.9 Å². The molecule has 1 rings (SSSR count). The van der Waals surface area contributed by atoms with Gasteiger partial charge in [-0.05, 0) is 24.1 Å². The van der Waals surface area contributed by atoms with Gasteiger partial charge in [-0.3, -0.25) is 0 Å². The summed E-state index contributed by atoms with van der Waals surface area (Å²) in [4.78, 5) is 0. The van der Waals surface area contributed by atoms with Crippen molar-refractivity contribution in [1.29, 1.82) is 0 Å². The monoisotopic (exact) mass is 195 g/mol. The summed E-state index contributed by atoms with van der Waals surface area (Å²) in [6.07, 6.45) is 1.10. The highest BCUT2D eigenvalue weighted by molar-refractivity contribution is 5.28. The van der Waals surface area contributed by atoms with Crippen LogP contribution in [0.15, 0.2) is 24.3 Å². The quantitative estimate of drug-likeness (QED) is 0.683. The zero-order chi connectivity index (χ0) is 10.6. The molecular formula is C11H17NO2. The van der Waals surface area contributed by atoms with E-state index in [1.807, 2.05) is 6.92 Å². The largest absolute Gasteiger partial charge is 0.508 e. The molecule has 3 nitrogen and oxygen atoms in total. The Hall–Kier alpha value is -1.06. The minimum absolute atomic E-state index is 0.214. The van der Waals surface area contributed by atoms with Crippen LogP contribution in [0.25, 0.3) is 0 Å². The Morgan fingerprint density at radius 3 is 2.36 bits per heavy atom. The van der Waals surface area contributed by atoms with Crippen LogP contribution in [0.1, 0.15) is 31.4 Å². The van der Waals surface area contributed by atoms with Gasteiger partial charge in [-0.2, -0.15) is 0 Å². The zero-order valence-corrected chi connectivity index (χ0v) is 8.35. The Kier molecular flexibility index (Phi) is 3.92. The molecule has 0 aliphatic rings. The molecule has 0 saturated carbocycles. The lowest BCUT2D eigenvalue weighted by Crippen LogP contribution is -2.25. The predicted octanol–water partition coefficient (Wildman–Crippen LogP) is 1.55. The number of nitrogens with two attached hydrogens (primary N) is 1. The Morgan fingerprint density at radius 2 is 1.86 bits per heavy atom. The molecule has 0 aliphatic carbocycles. The van der Waals surface area contributed by atoms with Gasteiger partial charge in [0.2, 0.25) is 0 Å². The molecule has 0 saturated heterocycles. The standard InChI is InChI=1S/C11H17NO2/c1-2-3-10(14)11(12)8-4-6-9(13)7-5-8/h4-7,10-11,13-14H,2-3,12H2,1H3/t10-,11+/m1/s1. The van der Waals surface area contributed by atoms with Gasteiger partial charge in [-0.25, -0.2) is 0 Å². The van der Waals surface area contributed by atoms with Crippen molar-refractivity contribution in [1.82, 2.24) is 0 Å². The van der Waals surface area contributed by atoms with Gasteiger partial charge in [-0.1, -0.05) is 25.5 Å². The predicted molar refractivity (Wildman–Crippen MR) is 56.0 cm³/mol. The van der Waals surface area contributed by atoms with Crippen molar-refractivity contribution >= 4 is 0 Å². The number of phenolic OH excluding ortho intramolecular Hbond substituents is 1. The average molecular weight is 195 g/mol. The fourth-order valence-electron chi connectivity index (χ4n) is 1.39. The molecule has 0 unspecified atom stereocenters. The highest BCUT2D eigenvalue weighted by Crippen LogP contribution is 2.19. The minimum Gasteiger partial charge on any atom is -0.508 e. The molecule has 0 aliphatic heterocycles. The summed E-state index contributed by atoms with van der Waals surface area (Å²) < 4.78 is 0. The number of phenols is 1. The molecule has 0 spiro atoms. The van der Waals surface area contributed by atoms with E-state index in [0.29, 0.717) is 6.42 Å². The lowest BCUT2D eigenvalue weighted by atomic mass is 9.99. The highest BCUT2D eigenvalue weighted by Gasteiger charge is 2.15. The molecule has 4 N–H and O–H groups in total. The number of benzene rings is 1. The Morgan fingerprint density at radius 1 is 1.29 bits per heavy atom. The maximum absolute atomic E-state index is 9.65. The second kappa shape index (κ2) is 4.98. The summed E-state index contributed by atoms with van der Waals surface area (Å²) >= 11 is 0. The average Bonchev–Trinajstić information content (AvgIpc) is 2.18. The first kappa shape index (κ1) is 11.0. The van der Waals surface area contributed by atoms with E-state index in [4.69, 9.17) is 10.8 Å².